The van der Waals surface area contributed by atoms with Crippen molar-refractivity contribution < 1.29 is 52.8 Å². The number of hydrogen-bond acceptors (Lipinski definition) is 16. The van der Waals surface area contributed by atoms with E-state index >= 15 is 4.39 Å². The molecule has 0 spiro atoms. The van der Waals surface area contributed by atoms with Crippen molar-refractivity contribution in [3.63, 3.8) is 0 Å². The highest BCUT2D eigenvalue weighted by molar-refractivity contribution is 14.1. The second kappa shape index (κ2) is 22.6. The maximum Gasteiger partial charge on any atom is 0.352 e. The molecule has 1 unspecified atom stereocenters. The summed E-state index contributed by atoms with van der Waals surface area (Å²) in [5.74, 6) is -5.95. The van der Waals surface area contributed by atoms with Crippen LogP contribution >= 0.6 is 33.9 Å². The number of aliphatic hydroxyl groups excluding tert-OH is 1. The van der Waals surface area contributed by atoms with E-state index in [4.69, 9.17) is 24.8 Å². The van der Waals surface area contributed by atoms with E-state index in [1.54, 1.807) is 54.1 Å². The minimum absolute atomic E-state index is 0.000603. The van der Waals surface area contributed by atoms with Crippen LogP contribution < -0.4 is 11.1 Å². The van der Waals surface area contributed by atoms with Crippen LogP contribution in [0.4, 0.5) is 10.2 Å². The fraction of sp³-hybridized carbons (Fsp3) is 0.702. The monoisotopic (exact) mass is 1070 g/mol. The second-order valence-corrected chi connectivity index (χ2v) is 21.5. The molecular formula is C47H69FIN7O10S. The molecule has 14 atom stereocenters. The van der Waals surface area contributed by atoms with E-state index < -0.39 is 80.8 Å². The van der Waals surface area contributed by atoms with E-state index in [9.17, 15) is 29.4 Å². The number of amides is 2. The molecule has 372 valence electrons. The molecule has 1 saturated carbocycles. The van der Waals surface area contributed by atoms with E-state index in [0.29, 0.717) is 40.8 Å². The molecule has 2 aliphatic heterocycles. The number of nitrogens with one attached hydrogen (secondary N) is 1. The number of nitrogens with two attached hydrogens (primary N) is 1. The first-order valence-corrected chi connectivity index (χ1v) is 25.2. The predicted molar refractivity (Wildman–Crippen MR) is 261 cm³/mol. The summed E-state index contributed by atoms with van der Waals surface area (Å²) >= 11 is 3.10. The van der Waals surface area contributed by atoms with Crippen LogP contribution in [0.2, 0.25) is 0 Å². The number of Topliss-reactive ketones (excluding diaryl/α,β-unsaturated/α-hetero) is 1. The molecule has 67 heavy (non-hydrogen) atoms. The zero-order chi connectivity index (χ0) is 49.8. The number of halogens is 2. The number of pyridine rings is 1. The van der Waals surface area contributed by atoms with Gasteiger partial charge in [-0.25, -0.2) is 19.2 Å². The summed E-state index contributed by atoms with van der Waals surface area (Å²) in [5, 5.41) is 33.9. The van der Waals surface area contributed by atoms with Gasteiger partial charge in [-0.05, 0) is 132 Å². The lowest BCUT2D eigenvalue weighted by molar-refractivity contribution is -0.287. The average Bonchev–Trinajstić information content (AvgIpc) is 3.73. The molecule has 0 aromatic carbocycles. The molecule has 1 aliphatic carbocycles. The van der Waals surface area contributed by atoms with Crippen molar-refractivity contribution >= 4 is 74.7 Å². The highest BCUT2D eigenvalue weighted by Crippen LogP contribution is 2.47. The number of nitrogens with zero attached hydrogens (tertiary/aromatic N) is 5. The number of fused-ring (bicyclic) bond motifs is 5. The van der Waals surface area contributed by atoms with Gasteiger partial charge in [-0.15, -0.1) is 11.3 Å². The summed E-state index contributed by atoms with van der Waals surface area (Å²) in [7, 11) is 3.68. The maximum absolute atomic E-state index is 16.9. The molecule has 2 saturated heterocycles. The molecule has 20 heteroatoms. The van der Waals surface area contributed by atoms with E-state index in [0.717, 1.165) is 12.5 Å². The van der Waals surface area contributed by atoms with Gasteiger partial charge in [0.15, 0.2) is 22.8 Å². The molecule has 2 aromatic heterocycles. The van der Waals surface area contributed by atoms with Gasteiger partial charge in [0.2, 0.25) is 11.8 Å². The van der Waals surface area contributed by atoms with Gasteiger partial charge in [0.1, 0.15) is 22.5 Å². The van der Waals surface area contributed by atoms with Crippen LogP contribution in [0.15, 0.2) is 33.9 Å². The molecule has 5 rings (SSSR count). The molecule has 2 bridgehead atoms. The van der Waals surface area contributed by atoms with Gasteiger partial charge in [-0.1, -0.05) is 39.8 Å². The number of carbonyl (C=O) groups is 4. The van der Waals surface area contributed by atoms with Gasteiger partial charge in [-0.3, -0.25) is 19.4 Å². The zero-order valence-corrected chi connectivity index (χ0v) is 43.4. The van der Waals surface area contributed by atoms with Crippen molar-refractivity contribution in [2.24, 2.45) is 45.0 Å². The summed E-state index contributed by atoms with van der Waals surface area (Å²) in [6, 6.07) is 2.57. The third kappa shape index (κ3) is 12.9. The smallest absolute Gasteiger partial charge is 0.352 e. The quantitative estimate of drug-likeness (QED) is 0.0662. The van der Waals surface area contributed by atoms with Crippen LogP contribution in [-0.2, 0) is 44.8 Å². The van der Waals surface area contributed by atoms with Crippen LogP contribution in [0.1, 0.15) is 113 Å². The average molecular weight is 1070 g/mol. The molecule has 4 heterocycles. The molecular weight excluding hydrogens is 1000 g/mol. The number of aliphatic imine (C=N–C) groups is 1. The molecule has 3 fully saturated rings. The van der Waals surface area contributed by atoms with Crippen molar-refractivity contribution in [2.45, 2.75) is 166 Å². The number of oxime groups is 1. The number of ketones is 1. The largest absolute Gasteiger partial charge is 0.446 e. The lowest BCUT2D eigenvalue weighted by Gasteiger charge is -2.48. The molecule has 2 aromatic rings. The van der Waals surface area contributed by atoms with Gasteiger partial charge >= 0.3 is 5.97 Å². The number of thiazole rings is 1. The summed E-state index contributed by atoms with van der Waals surface area (Å²) in [5.41, 5.74) is 2.05. The Morgan fingerprint density at radius 1 is 1.15 bits per heavy atom. The van der Waals surface area contributed by atoms with E-state index in [1.165, 1.54) is 25.2 Å². The number of ether oxygens (including phenoxy) is 3. The second-order valence-electron chi connectivity index (χ2n) is 19.5. The van der Waals surface area contributed by atoms with Crippen molar-refractivity contribution in [1.29, 1.82) is 0 Å². The normalized spacial score (nSPS) is 36.4. The van der Waals surface area contributed by atoms with Crippen LogP contribution in [0.5, 0.6) is 0 Å². The summed E-state index contributed by atoms with van der Waals surface area (Å²) in [4.78, 5) is 75.3. The van der Waals surface area contributed by atoms with Crippen molar-refractivity contribution in [3.05, 3.63) is 29.4 Å². The van der Waals surface area contributed by atoms with Crippen molar-refractivity contribution in [3.8, 4) is 10.6 Å². The Labute approximate surface area is 410 Å². The van der Waals surface area contributed by atoms with Gasteiger partial charge in [-0.2, -0.15) is 0 Å². The number of likely N-dealkylation sites (N-methyl/N-ethyl adjacent to an activating group) is 1. The van der Waals surface area contributed by atoms with Crippen LogP contribution in [0.25, 0.3) is 10.6 Å². The Balaban J connectivity index is 1.59. The summed E-state index contributed by atoms with van der Waals surface area (Å²) in [6.07, 6.45) is -0.242. The van der Waals surface area contributed by atoms with E-state index in [-0.39, 0.29) is 62.7 Å². The number of rotatable bonds is 10. The number of cyclic esters (lactones) is 1. The minimum atomic E-state index is -3.15. The van der Waals surface area contributed by atoms with Gasteiger partial charge in [0.25, 0.3) is 5.67 Å². The minimum Gasteiger partial charge on any atom is -0.446 e. The number of aliphatic hydroxyl groups is 2. The van der Waals surface area contributed by atoms with Gasteiger partial charge in [0.05, 0.1) is 29.7 Å². The van der Waals surface area contributed by atoms with Crippen molar-refractivity contribution in [1.82, 2.24) is 14.9 Å². The topological polar surface area (TPSA) is 237 Å². The molecule has 0 radical (unpaired) electrons. The Hall–Kier alpha value is -3.38. The molecule has 2 amide bonds. The van der Waals surface area contributed by atoms with E-state index in [2.05, 4.69) is 25.4 Å². The first kappa shape index (κ1) is 54.6. The van der Waals surface area contributed by atoms with Crippen LogP contribution in [0, 0.1) is 29.1 Å². The Kier molecular flexibility index (Phi) is 18.4. The molecule has 3 aliphatic rings. The fourth-order valence-electron chi connectivity index (χ4n) is 9.64. The lowest BCUT2D eigenvalue weighted by Crippen LogP contribution is -2.58. The SMILES string of the molecule is CCC(=O)N=C1[C@H](C)C[C@@]2(C)CC/C(=N/OCc3ccc(-c4nc(NC(=O)[C@H](C)N)cs4)cn3)CC[C@H]([C@H]1C)[C@](C)(O)[C@@H](I)OC(=O)[C@@](C)(F)C(=O)C(C)[C@H]2O[C@@H]1O[C@H](C)C[C@H](N(C)C)[C@H]1O. The maximum atomic E-state index is 16.9. The Bertz CT molecular complexity index is 2140. The van der Waals surface area contributed by atoms with Gasteiger partial charge < -0.3 is 45.2 Å². The summed E-state index contributed by atoms with van der Waals surface area (Å²) < 4.78 is 34.4. The Morgan fingerprint density at radius 3 is 2.48 bits per heavy atom. The number of carbonyl (C=O) groups excluding carboxylic acids is 4. The van der Waals surface area contributed by atoms with Crippen molar-refractivity contribution in [2.75, 3.05) is 19.4 Å². The Morgan fingerprint density at radius 2 is 1.85 bits per heavy atom. The standard InChI is InChI=1S/C47H69FIN7O10S/c1-12-35(57)54-36-24(2)20-45(7)18-17-30(55-63-22-31-14-13-29(21-51-31)41-53-34(23-67-41)52-40(60)28(6)50)15-16-32(26(36)4)47(9,62)43(49)66-44(61)46(8,48)38(59)27(5)39(45)65-42-37(58)33(56(10)11)19-25(3)64-42/h13-14,21,23-28,32-33,37,39,42-43,58,62H,12,15-20,22,50H2,1-11H3,(H,52,60)/b54-36?,55-30+/t24-,25-,26-,27?,28+,32-,33+,37-,39-,42+,43+,45-,46+,47+/m1/s1. The lowest BCUT2D eigenvalue weighted by atomic mass is 9.66. The number of alkyl halides is 2. The number of aromatic nitrogens is 2. The molecule has 5 N–H and O–H groups in total. The molecule has 17 nitrogen and oxygen atoms in total. The predicted octanol–water partition coefficient (Wildman–Crippen LogP) is 6.41. The highest BCUT2D eigenvalue weighted by atomic mass is 127. The first-order chi connectivity index (χ1) is 31.3. The number of hydrogen-bond donors (Lipinski definition) is 4. The van der Waals surface area contributed by atoms with E-state index in [1.807, 2.05) is 52.8 Å². The zero-order valence-electron chi connectivity index (χ0n) is 40.5. The van der Waals surface area contributed by atoms with Crippen LogP contribution in [-0.4, -0.2) is 126 Å². The number of esters is 1. The fourth-order valence-corrected chi connectivity index (χ4v) is 11.1. The third-order valence-electron chi connectivity index (χ3n) is 13.7. The highest BCUT2D eigenvalue weighted by Gasteiger charge is 2.56. The third-order valence-corrected chi connectivity index (χ3v) is 16.1. The summed E-state index contributed by atoms with van der Waals surface area (Å²) in [6.45, 7) is 14.8. The number of anilines is 1. The van der Waals surface area contributed by atoms with Gasteiger partial charge in [0, 0.05) is 47.2 Å². The van der Waals surface area contributed by atoms with Crippen LogP contribution in [0.3, 0.4) is 0 Å². The first-order valence-electron chi connectivity index (χ1n) is 23.0.